The molecule has 0 amide bonds. The Kier molecular flexibility index (Phi) is 5.41. The lowest BCUT2D eigenvalue weighted by Crippen LogP contribution is -2.07. The average molecular weight is 305 g/mol. The van der Waals surface area contributed by atoms with Crippen molar-refractivity contribution >= 4 is 5.95 Å². The molecule has 2 aromatic rings. The van der Waals surface area contributed by atoms with Gasteiger partial charge in [0.25, 0.3) is 6.43 Å². The van der Waals surface area contributed by atoms with Gasteiger partial charge in [0.2, 0.25) is 5.95 Å². The third-order valence-electron chi connectivity index (χ3n) is 3.59. The summed E-state index contributed by atoms with van der Waals surface area (Å²) in [5.41, 5.74) is 3.36. The molecule has 118 valence electrons. The first-order valence-electron chi connectivity index (χ1n) is 7.50. The first kappa shape index (κ1) is 16.3. The fourth-order valence-corrected chi connectivity index (χ4v) is 2.08. The molecule has 0 saturated carbocycles. The van der Waals surface area contributed by atoms with Gasteiger partial charge in [-0.25, -0.2) is 18.7 Å². The zero-order chi connectivity index (χ0) is 16.1. The van der Waals surface area contributed by atoms with Crippen molar-refractivity contribution in [1.82, 2.24) is 9.97 Å². The van der Waals surface area contributed by atoms with Crippen LogP contribution in [0.25, 0.3) is 11.3 Å². The highest BCUT2D eigenvalue weighted by Gasteiger charge is 2.14. The van der Waals surface area contributed by atoms with Crippen LogP contribution in [0.2, 0.25) is 0 Å². The molecule has 0 aliphatic carbocycles. The molecule has 0 aliphatic heterocycles. The molecule has 1 heterocycles. The maximum atomic E-state index is 13.1. The smallest absolute Gasteiger partial charge is 0.280 e. The number of nitrogens with one attached hydrogen (secondary N) is 1. The van der Waals surface area contributed by atoms with Crippen LogP contribution < -0.4 is 5.32 Å². The SMILES string of the molecule is CCCCNc1nc(-c2ccc(C)c(C)c2)cc(C(F)F)n1. The first-order chi connectivity index (χ1) is 10.5. The predicted molar refractivity (Wildman–Crippen MR) is 85.3 cm³/mol. The summed E-state index contributed by atoms with van der Waals surface area (Å²) in [6.07, 6.45) is -0.646. The van der Waals surface area contributed by atoms with Gasteiger partial charge in [-0.2, -0.15) is 0 Å². The van der Waals surface area contributed by atoms with E-state index in [1.54, 1.807) is 0 Å². The number of benzene rings is 1. The Balaban J connectivity index is 2.38. The zero-order valence-corrected chi connectivity index (χ0v) is 13.2. The van der Waals surface area contributed by atoms with E-state index in [9.17, 15) is 8.78 Å². The lowest BCUT2D eigenvalue weighted by Gasteiger charge is -2.10. The van der Waals surface area contributed by atoms with Crippen molar-refractivity contribution in [2.75, 3.05) is 11.9 Å². The summed E-state index contributed by atoms with van der Waals surface area (Å²) < 4.78 is 26.1. The van der Waals surface area contributed by atoms with E-state index >= 15 is 0 Å². The molecule has 0 fully saturated rings. The minimum absolute atomic E-state index is 0.248. The molecule has 1 aromatic carbocycles. The molecular weight excluding hydrogens is 284 g/mol. The molecule has 1 N–H and O–H groups in total. The van der Waals surface area contributed by atoms with E-state index in [4.69, 9.17) is 0 Å². The molecule has 2 rings (SSSR count). The van der Waals surface area contributed by atoms with E-state index in [0.717, 1.165) is 29.5 Å². The minimum atomic E-state index is -2.61. The van der Waals surface area contributed by atoms with E-state index in [1.165, 1.54) is 6.07 Å². The molecule has 3 nitrogen and oxygen atoms in total. The van der Waals surface area contributed by atoms with Crippen LogP contribution in [0.15, 0.2) is 24.3 Å². The molecule has 0 saturated heterocycles. The van der Waals surface area contributed by atoms with Gasteiger partial charge in [-0.05, 0) is 43.5 Å². The number of hydrogen-bond acceptors (Lipinski definition) is 3. The maximum Gasteiger partial charge on any atom is 0.280 e. The molecule has 5 heteroatoms. The van der Waals surface area contributed by atoms with Crippen LogP contribution in [0, 0.1) is 13.8 Å². The van der Waals surface area contributed by atoms with E-state index in [-0.39, 0.29) is 11.6 Å². The lowest BCUT2D eigenvalue weighted by molar-refractivity contribution is 0.146. The maximum absolute atomic E-state index is 13.1. The van der Waals surface area contributed by atoms with Crippen molar-refractivity contribution in [2.24, 2.45) is 0 Å². The van der Waals surface area contributed by atoms with Crippen molar-refractivity contribution < 1.29 is 8.78 Å². The van der Waals surface area contributed by atoms with Gasteiger partial charge in [0.1, 0.15) is 5.69 Å². The number of rotatable bonds is 6. The Labute approximate surface area is 129 Å². The number of hydrogen-bond donors (Lipinski definition) is 1. The second kappa shape index (κ2) is 7.29. The van der Waals surface area contributed by atoms with Gasteiger partial charge in [-0.1, -0.05) is 25.5 Å². The average Bonchev–Trinajstić information content (AvgIpc) is 2.50. The number of aromatic nitrogens is 2. The Hall–Kier alpha value is -2.04. The molecule has 0 bridgehead atoms. The van der Waals surface area contributed by atoms with Crippen molar-refractivity contribution in [3.8, 4) is 11.3 Å². The monoisotopic (exact) mass is 305 g/mol. The fourth-order valence-electron chi connectivity index (χ4n) is 2.08. The molecule has 0 aliphatic rings. The quantitative estimate of drug-likeness (QED) is 0.771. The number of halogens is 2. The van der Waals surface area contributed by atoms with Crippen LogP contribution in [-0.2, 0) is 0 Å². The highest BCUT2D eigenvalue weighted by Crippen LogP contribution is 2.26. The third kappa shape index (κ3) is 4.00. The molecule has 1 aromatic heterocycles. The Morgan fingerprint density at radius 1 is 1.09 bits per heavy atom. The Morgan fingerprint density at radius 3 is 2.50 bits per heavy atom. The summed E-state index contributed by atoms with van der Waals surface area (Å²) in [6, 6.07) is 7.19. The number of nitrogens with zero attached hydrogens (tertiary/aromatic N) is 2. The largest absolute Gasteiger partial charge is 0.354 e. The zero-order valence-electron chi connectivity index (χ0n) is 13.2. The van der Waals surface area contributed by atoms with E-state index in [0.29, 0.717) is 12.2 Å². The number of alkyl halides is 2. The van der Waals surface area contributed by atoms with E-state index in [1.807, 2.05) is 32.0 Å². The summed E-state index contributed by atoms with van der Waals surface area (Å²) >= 11 is 0. The summed E-state index contributed by atoms with van der Waals surface area (Å²) in [6.45, 7) is 6.75. The van der Waals surface area contributed by atoms with Gasteiger partial charge in [0.05, 0.1) is 5.69 Å². The first-order valence-corrected chi connectivity index (χ1v) is 7.50. The van der Waals surface area contributed by atoms with Crippen molar-refractivity contribution in [3.05, 3.63) is 41.1 Å². The topological polar surface area (TPSA) is 37.8 Å². The normalized spacial score (nSPS) is 11.0. The van der Waals surface area contributed by atoms with Gasteiger partial charge in [-0.3, -0.25) is 0 Å². The Morgan fingerprint density at radius 2 is 1.86 bits per heavy atom. The molecule has 0 spiro atoms. The molecular formula is C17H21F2N3. The fraction of sp³-hybridized carbons (Fsp3) is 0.412. The van der Waals surface area contributed by atoms with E-state index in [2.05, 4.69) is 22.2 Å². The second-order valence-corrected chi connectivity index (χ2v) is 5.38. The number of aryl methyl sites for hydroxylation is 2. The van der Waals surface area contributed by atoms with Gasteiger partial charge in [0.15, 0.2) is 0 Å². The minimum Gasteiger partial charge on any atom is -0.354 e. The van der Waals surface area contributed by atoms with Gasteiger partial charge < -0.3 is 5.32 Å². The molecule has 0 atom stereocenters. The van der Waals surface area contributed by atoms with Crippen LogP contribution in [0.3, 0.4) is 0 Å². The highest BCUT2D eigenvalue weighted by atomic mass is 19.3. The van der Waals surface area contributed by atoms with Crippen molar-refractivity contribution in [1.29, 1.82) is 0 Å². The second-order valence-electron chi connectivity index (χ2n) is 5.38. The Bertz CT molecular complexity index is 642. The standard InChI is InChI=1S/C17H21F2N3/c1-4-5-8-20-17-21-14(10-15(22-17)16(18)19)13-7-6-11(2)12(3)9-13/h6-7,9-10,16H,4-5,8H2,1-3H3,(H,20,21,22). The highest BCUT2D eigenvalue weighted by molar-refractivity contribution is 5.62. The van der Waals surface area contributed by atoms with Gasteiger partial charge in [0, 0.05) is 12.1 Å². The summed E-state index contributed by atoms with van der Waals surface area (Å²) in [5.74, 6) is 0.263. The van der Waals surface area contributed by atoms with Crippen LogP contribution in [0.5, 0.6) is 0 Å². The lowest BCUT2D eigenvalue weighted by atomic mass is 10.0. The van der Waals surface area contributed by atoms with Crippen LogP contribution in [-0.4, -0.2) is 16.5 Å². The number of unbranched alkanes of at least 4 members (excludes halogenated alkanes) is 1. The van der Waals surface area contributed by atoms with Crippen molar-refractivity contribution in [3.63, 3.8) is 0 Å². The van der Waals surface area contributed by atoms with E-state index < -0.39 is 6.43 Å². The van der Waals surface area contributed by atoms with Gasteiger partial charge in [-0.15, -0.1) is 0 Å². The predicted octanol–water partition coefficient (Wildman–Crippen LogP) is 4.91. The van der Waals surface area contributed by atoms with Crippen LogP contribution in [0.4, 0.5) is 14.7 Å². The van der Waals surface area contributed by atoms with Gasteiger partial charge >= 0.3 is 0 Å². The summed E-state index contributed by atoms with van der Waals surface area (Å²) in [5, 5.41) is 3.02. The van der Waals surface area contributed by atoms with Crippen LogP contribution in [0.1, 0.15) is 43.0 Å². The third-order valence-corrected chi connectivity index (χ3v) is 3.59. The molecule has 0 radical (unpaired) electrons. The molecule has 22 heavy (non-hydrogen) atoms. The molecule has 0 unspecified atom stereocenters. The summed E-state index contributed by atoms with van der Waals surface area (Å²) in [7, 11) is 0. The van der Waals surface area contributed by atoms with Crippen LogP contribution >= 0.6 is 0 Å². The number of anilines is 1. The summed E-state index contributed by atoms with van der Waals surface area (Å²) in [4.78, 5) is 8.27. The van der Waals surface area contributed by atoms with Crippen molar-refractivity contribution in [2.45, 2.75) is 40.0 Å².